The number of hydrogen-bond donors (Lipinski definition) is 2. The van der Waals surface area contributed by atoms with E-state index >= 15 is 0 Å². The molecule has 2 N–H and O–H groups in total. The third-order valence-electron chi connectivity index (χ3n) is 8.93. The highest BCUT2D eigenvalue weighted by Crippen LogP contribution is 2.39. The van der Waals surface area contributed by atoms with Gasteiger partial charge in [0, 0.05) is 54.1 Å². The minimum absolute atomic E-state index is 0.910. The van der Waals surface area contributed by atoms with E-state index in [1.807, 2.05) is 0 Å². The van der Waals surface area contributed by atoms with Crippen molar-refractivity contribution in [1.82, 2.24) is 19.9 Å². The molecule has 9 rings (SSSR count). The van der Waals surface area contributed by atoms with Gasteiger partial charge in [-0.3, -0.25) is 0 Å². The standard InChI is InChI=1S/C43H30N4S/c1-27-17-26-39(48-27)43-37-24-22-35(46-37)41(29-13-7-3-8-14-29)33-20-18-31(44-33)40(28-11-5-2-6-12-28)32-19-21-34(45-32)42(30-15-9-4-10-16-30)36-23-25-38(43)47-36/h2-26,44,47H,1H3. The maximum absolute atomic E-state index is 5.36. The molecule has 0 unspecified atom stereocenters. The van der Waals surface area contributed by atoms with Crippen molar-refractivity contribution in [3.63, 3.8) is 0 Å². The maximum Gasteiger partial charge on any atom is 0.0745 e. The monoisotopic (exact) mass is 634 g/mol. The van der Waals surface area contributed by atoms with E-state index in [1.54, 1.807) is 11.3 Å². The number of nitrogens with one attached hydrogen (secondary N) is 2. The molecule has 5 heteroatoms. The number of rotatable bonds is 4. The molecule has 6 heterocycles. The first-order valence-electron chi connectivity index (χ1n) is 16.1. The minimum atomic E-state index is 0.910. The van der Waals surface area contributed by atoms with Crippen LogP contribution < -0.4 is 0 Å². The SMILES string of the molecule is Cc1ccc(-c2c3nc(c(-c4ccccc4)c4ccc([nH]4)c(-c4ccccc4)c4nc(c(-c5ccccc5)c5ccc2[nH]5)C=C4)C=C3)s1. The smallest absolute Gasteiger partial charge is 0.0745 e. The molecule has 0 fully saturated rings. The first-order chi connectivity index (χ1) is 23.7. The molecular formula is C43H30N4S. The van der Waals surface area contributed by atoms with E-state index in [1.165, 1.54) is 9.75 Å². The zero-order valence-corrected chi connectivity index (χ0v) is 27.1. The average Bonchev–Trinajstić information content (AvgIpc) is 3.98. The zero-order chi connectivity index (χ0) is 32.0. The summed E-state index contributed by atoms with van der Waals surface area (Å²) in [6.45, 7) is 2.15. The second-order valence-corrected chi connectivity index (χ2v) is 13.3. The quantitative estimate of drug-likeness (QED) is 0.202. The number of aromatic amines is 2. The average molecular weight is 635 g/mol. The molecule has 0 atom stereocenters. The van der Waals surface area contributed by atoms with Gasteiger partial charge in [-0.25, -0.2) is 9.97 Å². The topological polar surface area (TPSA) is 57.4 Å². The Kier molecular flexibility index (Phi) is 6.84. The van der Waals surface area contributed by atoms with Gasteiger partial charge >= 0.3 is 0 Å². The second kappa shape index (κ2) is 11.6. The van der Waals surface area contributed by atoms with Gasteiger partial charge in [0.1, 0.15) is 0 Å². The van der Waals surface area contributed by atoms with Crippen molar-refractivity contribution in [2.24, 2.45) is 0 Å². The lowest BCUT2D eigenvalue weighted by Crippen LogP contribution is -1.89. The fourth-order valence-corrected chi connectivity index (χ4v) is 7.69. The summed E-state index contributed by atoms with van der Waals surface area (Å²) in [6.07, 6.45) is 8.58. The normalized spacial score (nSPS) is 12.1. The Morgan fingerprint density at radius 2 is 0.750 bits per heavy atom. The van der Waals surface area contributed by atoms with Gasteiger partial charge in [-0.1, -0.05) is 91.0 Å². The van der Waals surface area contributed by atoms with Crippen LogP contribution in [0, 0.1) is 6.92 Å². The van der Waals surface area contributed by atoms with Gasteiger partial charge in [-0.15, -0.1) is 11.3 Å². The van der Waals surface area contributed by atoms with Crippen molar-refractivity contribution in [1.29, 1.82) is 0 Å². The third kappa shape index (κ3) is 4.93. The molecule has 228 valence electrons. The van der Waals surface area contributed by atoms with Crippen molar-refractivity contribution >= 4 is 57.7 Å². The summed E-state index contributed by atoms with van der Waals surface area (Å²) in [5.41, 5.74) is 15.2. The van der Waals surface area contributed by atoms with Crippen molar-refractivity contribution in [2.75, 3.05) is 0 Å². The van der Waals surface area contributed by atoms with Crippen molar-refractivity contribution in [3.8, 4) is 43.8 Å². The first kappa shape index (κ1) is 28.2. The van der Waals surface area contributed by atoms with Gasteiger partial charge in [-0.05, 0) is 84.3 Å². The van der Waals surface area contributed by atoms with E-state index in [0.717, 1.165) is 83.8 Å². The Morgan fingerprint density at radius 1 is 0.396 bits per heavy atom. The predicted octanol–water partition coefficient (Wildman–Crippen LogP) is 11.7. The molecule has 2 aliphatic heterocycles. The highest BCUT2D eigenvalue weighted by molar-refractivity contribution is 7.15. The van der Waals surface area contributed by atoms with Crippen LogP contribution in [0.2, 0.25) is 0 Å². The largest absolute Gasteiger partial charge is 0.354 e. The summed E-state index contributed by atoms with van der Waals surface area (Å²) < 4.78 is 0. The van der Waals surface area contributed by atoms with Gasteiger partial charge in [0.2, 0.25) is 0 Å². The van der Waals surface area contributed by atoms with E-state index in [9.17, 15) is 0 Å². The molecule has 0 amide bonds. The Labute approximate surface area is 282 Å². The molecule has 8 bridgehead atoms. The minimum Gasteiger partial charge on any atom is -0.354 e. The Morgan fingerprint density at radius 3 is 1.10 bits per heavy atom. The fraction of sp³-hybridized carbons (Fsp3) is 0.0233. The summed E-state index contributed by atoms with van der Waals surface area (Å²) in [7, 11) is 0. The van der Waals surface area contributed by atoms with E-state index < -0.39 is 0 Å². The van der Waals surface area contributed by atoms with Gasteiger partial charge < -0.3 is 9.97 Å². The third-order valence-corrected chi connectivity index (χ3v) is 9.95. The molecule has 0 spiro atoms. The van der Waals surface area contributed by atoms with E-state index in [-0.39, 0.29) is 0 Å². The van der Waals surface area contributed by atoms with Crippen LogP contribution in [0.3, 0.4) is 0 Å². The summed E-state index contributed by atoms with van der Waals surface area (Å²) in [5, 5.41) is 0. The molecule has 0 radical (unpaired) electrons. The lowest BCUT2D eigenvalue weighted by atomic mass is 10.0. The summed E-state index contributed by atoms with van der Waals surface area (Å²) in [6, 6.07) is 44.6. The van der Waals surface area contributed by atoms with E-state index in [4.69, 9.17) is 9.97 Å². The predicted molar refractivity (Wildman–Crippen MR) is 203 cm³/mol. The van der Waals surface area contributed by atoms with Crippen molar-refractivity contribution in [3.05, 3.63) is 155 Å². The van der Waals surface area contributed by atoms with Crippen LogP contribution in [0.4, 0.5) is 0 Å². The number of aryl methyl sites for hydroxylation is 1. The Balaban J connectivity index is 1.48. The maximum atomic E-state index is 5.36. The van der Waals surface area contributed by atoms with E-state index in [0.29, 0.717) is 0 Å². The lowest BCUT2D eigenvalue weighted by molar-refractivity contribution is 1.31. The van der Waals surface area contributed by atoms with Crippen LogP contribution in [0.1, 0.15) is 27.7 Å². The van der Waals surface area contributed by atoms with Crippen molar-refractivity contribution in [2.45, 2.75) is 6.92 Å². The molecule has 7 aromatic rings. The van der Waals surface area contributed by atoms with Gasteiger partial charge in [0.05, 0.1) is 22.8 Å². The lowest BCUT2D eigenvalue weighted by Gasteiger charge is -2.06. The number of thiophene rings is 1. The summed E-state index contributed by atoms with van der Waals surface area (Å²) >= 11 is 1.78. The van der Waals surface area contributed by atoms with Crippen molar-refractivity contribution < 1.29 is 0 Å². The van der Waals surface area contributed by atoms with Crippen LogP contribution >= 0.6 is 11.3 Å². The molecular weight excluding hydrogens is 605 g/mol. The molecule has 0 aliphatic carbocycles. The van der Waals surface area contributed by atoms with Crippen LogP contribution in [0.5, 0.6) is 0 Å². The molecule has 0 saturated carbocycles. The molecule has 4 aromatic heterocycles. The molecule has 3 aromatic carbocycles. The fourth-order valence-electron chi connectivity index (χ4n) is 6.76. The van der Waals surface area contributed by atoms with Crippen LogP contribution in [0.25, 0.3) is 90.2 Å². The van der Waals surface area contributed by atoms with E-state index in [2.05, 4.69) is 169 Å². The number of fused-ring (bicyclic) bond motifs is 8. The Bertz CT molecular complexity index is 2510. The van der Waals surface area contributed by atoms with Crippen LogP contribution in [-0.4, -0.2) is 19.9 Å². The first-order valence-corrected chi connectivity index (χ1v) is 16.9. The Hall–Kier alpha value is -6.04. The second-order valence-electron chi connectivity index (χ2n) is 12.0. The van der Waals surface area contributed by atoms with Gasteiger partial charge in [0.25, 0.3) is 0 Å². The van der Waals surface area contributed by atoms with Crippen LogP contribution in [0.15, 0.2) is 127 Å². The zero-order valence-electron chi connectivity index (χ0n) is 26.2. The highest BCUT2D eigenvalue weighted by Gasteiger charge is 2.19. The number of benzene rings is 3. The van der Waals surface area contributed by atoms with Gasteiger partial charge in [0.15, 0.2) is 0 Å². The summed E-state index contributed by atoms with van der Waals surface area (Å²) in [4.78, 5) is 20.8. The molecule has 0 saturated heterocycles. The number of hydrogen-bond acceptors (Lipinski definition) is 3. The number of H-pyrrole nitrogens is 2. The van der Waals surface area contributed by atoms with Crippen LogP contribution in [-0.2, 0) is 0 Å². The molecule has 2 aliphatic rings. The number of aromatic nitrogens is 4. The highest BCUT2D eigenvalue weighted by atomic mass is 32.1. The molecule has 4 nitrogen and oxygen atoms in total. The number of nitrogens with zero attached hydrogens (tertiary/aromatic N) is 2. The summed E-state index contributed by atoms with van der Waals surface area (Å²) in [5.74, 6) is 0. The molecule has 48 heavy (non-hydrogen) atoms. The van der Waals surface area contributed by atoms with Gasteiger partial charge in [-0.2, -0.15) is 0 Å².